The van der Waals surface area contributed by atoms with Crippen LogP contribution in [0.25, 0.3) is 0 Å². The molecule has 0 aliphatic heterocycles. The van der Waals surface area contributed by atoms with Crippen LogP contribution in [0.2, 0.25) is 0 Å². The van der Waals surface area contributed by atoms with Crippen LogP contribution in [0.1, 0.15) is 69.8 Å². The third-order valence-electron chi connectivity index (χ3n) is 8.45. The second-order valence-electron chi connectivity index (χ2n) is 9.53. The van der Waals surface area contributed by atoms with Crippen molar-refractivity contribution < 1.29 is 9.52 Å². The smallest absolute Gasteiger partial charge is 0.335 e. The van der Waals surface area contributed by atoms with Gasteiger partial charge in [-0.3, -0.25) is 0 Å². The average Bonchev–Trinajstić information content (AvgIpc) is 2.99. The summed E-state index contributed by atoms with van der Waals surface area (Å²) in [6, 6.07) is 3.55. The van der Waals surface area contributed by atoms with E-state index in [0.29, 0.717) is 5.92 Å². The SMILES string of the molecule is C[C@]12CC[C@H]3[C@@H](CCC4CC(O)CC[C@@H]43)C1=CC[C@@H]2c1ccc(=O)oc1. The lowest BCUT2D eigenvalue weighted by Crippen LogP contribution is -2.45. The molecule has 2 unspecified atom stereocenters. The van der Waals surface area contributed by atoms with Gasteiger partial charge in [-0.25, -0.2) is 4.79 Å². The Morgan fingerprint density at radius 3 is 2.81 bits per heavy atom. The second kappa shape index (κ2) is 6.09. The lowest BCUT2D eigenvalue weighted by molar-refractivity contribution is -0.0173. The molecule has 140 valence electrons. The Kier molecular flexibility index (Phi) is 3.93. The van der Waals surface area contributed by atoms with Crippen molar-refractivity contribution in [3.05, 3.63) is 46.0 Å². The van der Waals surface area contributed by atoms with Gasteiger partial charge in [0.2, 0.25) is 0 Å². The number of hydrogen-bond donors (Lipinski definition) is 1. The maximum absolute atomic E-state index is 11.3. The summed E-state index contributed by atoms with van der Waals surface area (Å²) in [5.41, 5.74) is 2.86. The molecule has 3 nitrogen and oxygen atoms in total. The van der Waals surface area contributed by atoms with E-state index in [-0.39, 0.29) is 17.1 Å². The first-order chi connectivity index (χ1) is 12.6. The normalized spacial score (nSPS) is 44.6. The largest absolute Gasteiger partial charge is 0.431 e. The van der Waals surface area contributed by atoms with Gasteiger partial charge in [-0.1, -0.05) is 18.6 Å². The third kappa shape index (κ3) is 2.46. The van der Waals surface area contributed by atoms with Crippen molar-refractivity contribution in [2.24, 2.45) is 29.1 Å². The second-order valence-corrected chi connectivity index (χ2v) is 9.53. The summed E-state index contributed by atoms with van der Waals surface area (Å²) in [6.07, 6.45) is 13.7. The first-order valence-electron chi connectivity index (χ1n) is 10.5. The highest BCUT2D eigenvalue weighted by atomic mass is 16.4. The maximum atomic E-state index is 11.3. The van der Waals surface area contributed by atoms with Gasteiger partial charge in [-0.05, 0) is 98.0 Å². The molecule has 4 aliphatic carbocycles. The fourth-order valence-corrected chi connectivity index (χ4v) is 7.24. The van der Waals surface area contributed by atoms with E-state index in [1.807, 2.05) is 6.07 Å². The van der Waals surface area contributed by atoms with Crippen LogP contribution >= 0.6 is 0 Å². The summed E-state index contributed by atoms with van der Waals surface area (Å²) in [4.78, 5) is 11.3. The number of aliphatic hydroxyl groups excluding tert-OH is 1. The summed E-state index contributed by atoms with van der Waals surface area (Å²) < 4.78 is 5.18. The molecular weight excluding hydrogens is 324 g/mol. The standard InChI is InChI=1S/C23H30O3/c1-23-11-10-18-17-6-4-16(24)12-14(17)2-5-19(18)21(23)8-7-20(23)15-3-9-22(25)26-13-15/h3,8-9,13-14,16-20,24H,2,4-7,10-12H2,1H3/t14?,16?,17-,18+,19+,20+,23+/m0/s1. The predicted octanol–water partition coefficient (Wildman–Crippen LogP) is 4.66. The number of rotatable bonds is 1. The van der Waals surface area contributed by atoms with Crippen molar-refractivity contribution in [1.29, 1.82) is 0 Å². The van der Waals surface area contributed by atoms with Crippen molar-refractivity contribution in [3.8, 4) is 0 Å². The fourth-order valence-electron chi connectivity index (χ4n) is 7.24. The molecule has 0 amide bonds. The van der Waals surface area contributed by atoms with Crippen molar-refractivity contribution in [2.75, 3.05) is 0 Å². The minimum Gasteiger partial charge on any atom is -0.431 e. The van der Waals surface area contributed by atoms with Crippen LogP contribution in [-0.2, 0) is 0 Å². The molecular formula is C23H30O3. The molecule has 26 heavy (non-hydrogen) atoms. The number of aliphatic hydroxyl groups is 1. The molecule has 0 aromatic carbocycles. The molecule has 1 N–H and O–H groups in total. The highest BCUT2D eigenvalue weighted by Gasteiger charge is 2.53. The Hall–Kier alpha value is -1.35. The summed E-state index contributed by atoms with van der Waals surface area (Å²) in [5, 5.41) is 10.1. The van der Waals surface area contributed by atoms with E-state index in [1.165, 1.54) is 37.7 Å². The van der Waals surface area contributed by atoms with E-state index in [0.717, 1.165) is 42.9 Å². The lowest BCUT2D eigenvalue weighted by atomic mass is 9.51. The van der Waals surface area contributed by atoms with E-state index in [1.54, 1.807) is 17.9 Å². The van der Waals surface area contributed by atoms with E-state index < -0.39 is 0 Å². The van der Waals surface area contributed by atoms with Gasteiger partial charge < -0.3 is 9.52 Å². The highest BCUT2D eigenvalue weighted by Crippen LogP contribution is 2.64. The van der Waals surface area contributed by atoms with Crippen LogP contribution < -0.4 is 5.63 Å². The third-order valence-corrected chi connectivity index (χ3v) is 8.45. The van der Waals surface area contributed by atoms with Crippen LogP contribution in [0, 0.1) is 29.1 Å². The molecule has 3 fully saturated rings. The average molecular weight is 354 g/mol. The van der Waals surface area contributed by atoms with Crippen LogP contribution in [0.4, 0.5) is 0 Å². The first kappa shape index (κ1) is 16.8. The van der Waals surface area contributed by atoms with Crippen molar-refractivity contribution >= 4 is 0 Å². The zero-order valence-corrected chi connectivity index (χ0v) is 15.7. The van der Waals surface area contributed by atoms with E-state index in [4.69, 9.17) is 4.42 Å². The Morgan fingerprint density at radius 1 is 1.12 bits per heavy atom. The van der Waals surface area contributed by atoms with Crippen LogP contribution in [-0.4, -0.2) is 11.2 Å². The Bertz CT molecular complexity index is 757. The topological polar surface area (TPSA) is 50.4 Å². The lowest BCUT2D eigenvalue weighted by Gasteiger charge is -2.54. The molecule has 3 heteroatoms. The molecule has 0 radical (unpaired) electrons. The summed E-state index contributed by atoms with van der Waals surface area (Å²) in [7, 11) is 0. The molecule has 1 aromatic rings. The molecule has 0 spiro atoms. The first-order valence-corrected chi connectivity index (χ1v) is 10.5. The highest BCUT2D eigenvalue weighted by molar-refractivity contribution is 5.35. The minimum atomic E-state index is -0.258. The zero-order valence-electron chi connectivity index (χ0n) is 15.7. The predicted molar refractivity (Wildman–Crippen MR) is 101 cm³/mol. The maximum Gasteiger partial charge on any atom is 0.335 e. The van der Waals surface area contributed by atoms with Gasteiger partial charge in [0.05, 0.1) is 12.4 Å². The molecule has 0 bridgehead atoms. The summed E-state index contributed by atoms with van der Waals surface area (Å²) in [6.45, 7) is 2.45. The summed E-state index contributed by atoms with van der Waals surface area (Å²) in [5.74, 6) is 3.61. The van der Waals surface area contributed by atoms with Gasteiger partial charge >= 0.3 is 5.63 Å². The molecule has 1 heterocycles. The van der Waals surface area contributed by atoms with Crippen molar-refractivity contribution in [2.45, 2.75) is 70.3 Å². The van der Waals surface area contributed by atoms with Gasteiger partial charge in [0.1, 0.15) is 0 Å². The van der Waals surface area contributed by atoms with E-state index in [2.05, 4.69) is 13.0 Å². The van der Waals surface area contributed by atoms with Gasteiger partial charge in [0.25, 0.3) is 0 Å². The zero-order chi connectivity index (χ0) is 17.9. The number of allylic oxidation sites excluding steroid dienone is 2. The quantitative estimate of drug-likeness (QED) is 0.747. The Labute approximate surface area is 155 Å². The Balaban J connectivity index is 1.41. The van der Waals surface area contributed by atoms with E-state index in [9.17, 15) is 9.90 Å². The van der Waals surface area contributed by atoms with Gasteiger partial charge in [-0.2, -0.15) is 0 Å². The monoisotopic (exact) mass is 354 g/mol. The molecule has 1 aromatic heterocycles. The van der Waals surface area contributed by atoms with Crippen LogP contribution in [0.3, 0.4) is 0 Å². The van der Waals surface area contributed by atoms with Crippen LogP contribution in [0.15, 0.2) is 39.3 Å². The fraction of sp³-hybridized carbons (Fsp3) is 0.696. The van der Waals surface area contributed by atoms with E-state index >= 15 is 0 Å². The van der Waals surface area contributed by atoms with Crippen LogP contribution in [0.5, 0.6) is 0 Å². The van der Waals surface area contributed by atoms with Gasteiger partial charge in [-0.15, -0.1) is 0 Å². The number of fused-ring (bicyclic) bond motifs is 5. The van der Waals surface area contributed by atoms with Gasteiger partial charge in [0.15, 0.2) is 0 Å². The number of hydrogen-bond acceptors (Lipinski definition) is 3. The molecule has 7 atom stereocenters. The minimum absolute atomic E-state index is 0.0514. The molecule has 4 aliphatic rings. The van der Waals surface area contributed by atoms with Crippen molar-refractivity contribution in [1.82, 2.24) is 0 Å². The summed E-state index contributed by atoms with van der Waals surface area (Å²) >= 11 is 0. The molecule has 5 rings (SSSR count). The van der Waals surface area contributed by atoms with Gasteiger partial charge in [0, 0.05) is 6.07 Å². The Morgan fingerprint density at radius 2 is 2.00 bits per heavy atom. The molecule has 3 saturated carbocycles. The van der Waals surface area contributed by atoms with Crippen molar-refractivity contribution in [3.63, 3.8) is 0 Å². The molecule has 0 saturated heterocycles.